The minimum absolute atomic E-state index is 0.0115. The molecule has 3 nitrogen and oxygen atoms in total. The molecule has 0 aromatic heterocycles. The minimum Gasteiger partial charge on any atom is -0.505 e. The molecule has 0 unspecified atom stereocenters. The first-order valence-corrected chi connectivity index (χ1v) is 5.24. The molecule has 72 valence electrons. The first kappa shape index (κ1) is 11.3. The molecule has 1 aromatic carbocycles. The van der Waals surface area contributed by atoms with Gasteiger partial charge in [0.05, 0.1) is 9.45 Å². The highest BCUT2D eigenvalue weighted by Crippen LogP contribution is 2.27. The van der Waals surface area contributed by atoms with Crippen molar-refractivity contribution in [3.05, 3.63) is 26.8 Å². The van der Waals surface area contributed by atoms with Crippen molar-refractivity contribution < 1.29 is 9.90 Å². The number of rotatable bonds is 2. The third-order valence-corrected chi connectivity index (χ3v) is 2.78. The summed E-state index contributed by atoms with van der Waals surface area (Å²) in [6.45, 7) is 0. The molecule has 0 bridgehead atoms. The SMILES string of the molecule is N#Cc1c(C(=O)CCl)ccc(I)c1O. The summed E-state index contributed by atoms with van der Waals surface area (Å²) in [5.74, 6) is -0.728. The fourth-order valence-corrected chi connectivity index (χ4v) is 1.58. The van der Waals surface area contributed by atoms with E-state index >= 15 is 0 Å². The molecular formula is C9H5ClINO2. The number of benzene rings is 1. The molecule has 14 heavy (non-hydrogen) atoms. The number of nitriles is 1. The van der Waals surface area contributed by atoms with Gasteiger partial charge in [-0.05, 0) is 34.7 Å². The van der Waals surface area contributed by atoms with E-state index in [0.717, 1.165) is 0 Å². The van der Waals surface area contributed by atoms with Crippen LogP contribution in [0, 0.1) is 14.9 Å². The summed E-state index contributed by atoms with van der Waals surface area (Å²) in [6, 6.07) is 4.84. The van der Waals surface area contributed by atoms with E-state index in [0.29, 0.717) is 3.57 Å². The van der Waals surface area contributed by atoms with Crippen LogP contribution in [0.25, 0.3) is 0 Å². The van der Waals surface area contributed by atoms with Gasteiger partial charge in [-0.1, -0.05) is 0 Å². The van der Waals surface area contributed by atoms with Gasteiger partial charge in [-0.15, -0.1) is 11.6 Å². The van der Waals surface area contributed by atoms with Gasteiger partial charge in [-0.2, -0.15) is 5.26 Å². The number of halogens is 2. The van der Waals surface area contributed by atoms with Gasteiger partial charge in [0.15, 0.2) is 5.78 Å². The van der Waals surface area contributed by atoms with Gasteiger partial charge in [-0.3, -0.25) is 4.79 Å². The van der Waals surface area contributed by atoms with Gasteiger partial charge in [-0.25, -0.2) is 0 Å². The first-order valence-electron chi connectivity index (χ1n) is 3.62. The predicted octanol–water partition coefficient (Wildman–Crippen LogP) is 2.29. The lowest BCUT2D eigenvalue weighted by molar-refractivity contribution is 0.102. The predicted molar refractivity (Wildman–Crippen MR) is 60.6 cm³/mol. The third kappa shape index (κ3) is 1.99. The fraction of sp³-hybridized carbons (Fsp3) is 0.111. The Morgan fingerprint density at radius 2 is 2.29 bits per heavy atom. The Kier molecular flexibility index (Phi) is 3.72. The van der Waals surface area contributed by atoms with Crippen LogP contribution in [0.1, 0.15) is 15.9 Å². The van der Waals surface area contributed by atoms with E-state index < -0.39 is 0 Å². The van der Waals surface area contributed by atoms with Gasteiger partial charge in [0, 0.05) is 5.56 Å². The average molecular weight is 322 g/mol. The zero-order valence-corrected chi connectivity index (χ0v) is 9.83. The Labute approximate surface area is 99.4 Å². The zero-order valence-electron chi connectivity index (χ0n) is 6.92. The Balaban J connectivity index is 3.40. The van der Waals surface area contributed by atoms with E-state index in [9.17, 15) is 9.90 Å². The van der Waals surface area contributed by atoms with Gasteiger partial charge in [0.25, 0.3) is 0 Å². The number of phenolic OH excluding ortho intramolecular Hbond substituents is 1. The van der Waals surface area contributed by atoms with E-state index in [1.165, 1.54) is 6.07 Å². The largest absolute Gasteiger partial charge is 0.505 e. The molecule has 0 spiro atoms. The second-order valence-electron chi connectivity index (χ2n) is 2.49. The normalized spacial score (nSPS) is 9.50. The molecule has 1 rings (SSSR count). The quantitative estimate of drug-likeness (QED) is 0.516. The maximum Gasteiger partial charge on any atom is 0.179 e. The second-order valence-corrected chi connectivity index (χ2v) is 3.92. The summed E-state index contributed by atoms with van der Waals surface area (Å²) in [6.07, 6.45) is 0. The van der Waals surface area contributed by atoms with E-state index in [1.54, 1.807) is 12.1 Å². The lowest BCUT2D eigenvalue weighted by Crippen LogP contribution is -2.04. The van der Waals surface area contributed by atoms with E-state index in [4.69, 9.17) is 16.9 Å². The lowest BCUT2D eigenvalue weighted by atomic mass is 10.0. The number of alkyl halides is 1. The zero-order chi connectivity index (χ0) is 10.7. The van der Waals surface area contributed by atoms with Crippen LogP contribution in [0.3, 0.4) is 0 Å². The number of nitrogens with zero attached hydrogens (tertiary/aromatic N) is 1. The Morgan fingerprint density at radius 3 is 2.79 bits per heavy atom. The number of carbonyl (C=O) groups is 1. The summed E-state index contributed by atoms with van der Waals surface area (Å²) in [4.78, 5) is 11.3. The Morgan fingerprint density at radius 1 is 1.64 bits per heavy atom. The van der Waals surface area contributed by atoms with Crippen molar-refractivity contribution >= 4 is 40.0 Å². The van der Waals surface area contributed by atoms with Gasteiger partial charge < -0.3 is 5.11 Å². The highest BCUT2D eigenvalue weighted by molar-refractivity contribution is 14.1. The molecule has 0 saturated heterocycles. The summed E-state index contributed by atoms with van der Waals surface area (Å²) < 4.78 is 0.533. The molecule has 1 aromatic rings. The summed E-state index contributed by atoms with van der Waals surface area (Å²) >= 11 is 7.25. The molecule has 0 aliphatic heterocycles. The molecule has 0 fully saturated rings. The van der Waals surface area contributed by atoms with Crippen LogP contribution < -0.4 is 0 Å². The molecular weight excluding hydrogens is 316 g/mol. The molecule has 0 heterocycles. The fourth-order valence-electron chi connectivity index (χ4n) is 0.983. The van der Waals surface area contributed by atoms with E-state index in [2.05, 4.69) is 0 Å². The Hall–Kier alpha value is -0.800. The van der Waals surface area contributed by atoms with Crippen molar-refractivity contribution in [1.29, 1.82) is 5.26 Å². The van der Waals surface area contributed by atoms with Crippen LogP contribution in [0.5, 0.6) is 5.75 Å². The Bertz CT molecular complexity index is 426. The molecule has 0 amide bonds. The average Bonchev–Trinajstić information content (AvgIpc) is 2.20. The van der Waals surface area contributed by atoms with Crippen molar-refractivity contribution in [2.45, 2.75) is 0 Å². The number of aromatic hydroxyl groups is 1. The van der Waals surface area contributed by atoms with E-state index in [-0.39, 0.29) is 28.5 Å². The number of hydrogen-bond acceptors (Lipinski definition) is 3. The molecule has 0 aliphatic rings. The van der Waals surface area contributed by atoms with Crippen molar-refractivity contribution in [2.75, 3.05) is 5.88 Å². The monoisotopic (exact) mass is 321 g/mol. The first-order chi connectivity index (χ1) is 6.61. The van der Waals surface area contributed by atoms with Gasteiger partial charge in [0.1, 0.15) is 17.4 Å². The highest BCUT2D eigenvalue weighted by atomic mass is 127. The maximum atomic E-state index is 11.3. The van der Waals surface area contributed by atoms with Crippen LogP contribution in [-0.4, -0.2) is 16.8 Å². The van der Waals surface area contributed by atoms with Crippen molar-refractivity contribution in [1.82, 2.24) is 0 Å². The summed E-state index contributed by atoms with van der Waals surface area (Å²) in [7, 11) is 0. The maximum absolute atomic E-state index is 11.3. The number of carbonyl (C=O) groups excluding carboxylic acids is 1. The number of phenols is 1. The summed E-state index contributed by atoms with van der Waals surface area (Å²) in [5, 5.41) is 18.3. The number of ketones is 1. The number of Topliss-reactive ketones (excluding diaryl/α,β-unsaturated/α-hetero) is 1. The summed E-state index contributed by atoms with van der Waals surface area (Å²) in [5.41, 5.74) is 0.156. The van der Waals surface area contributed by atoms with Crippen LogP contribution in [-0.2, 0) is 0 Å². The smallest absolute Gasteiger partial charge is 0.179 e. The number of hydrogen-bond donors (Lipinski definition) is 1. The standard InChI is InChI=1S/C9H5ClINO2/c10-3-8(13)5-1-2-7(11)9(14)6(5)4-12/h1-2,14H,3H2. The minimum atomic E-state index is -0.366. The topological polar surface area (TPSA) is 61.1 Å². The van der Waals surface area contributed by atoms with Crippen LogP contribution in [0.2, 0.25) is 0 Å². The highest BCUT2D eigenvalue weighted by Gasteiger charge is 2.15. The van der Waals surface area contributed by atoms with Crippen molar-refractivity contribution in [3.63, 3.8) is 0 Å². The molecule has 0 atom stereocenters. The van der Waals surface area contributed by atoms with Crippen molar-refractivity contribution in [2.24, 2.45) is 0 Å². The van der Waals surface area contributed by atoms with Crippen LogP contribution >= 0.6 is 34.2 Å². The van der Waals surface area contributed by atoms with Crippen LogP contribution in [0.4, 0.5) is 0 Å². The molecule has 0 radical (unpaired) electrons. The van der Waals surface area contributed by atoms with Gasteiger partial charge >= 0.3 is 0 Å². The van der Waals surface area contributed by atoms with E-state index in [1.807, 2.05) is 22.6 Å². The van der Waals surface area contributed by atoms with Gasteiger partial charge in [0.2, 0.25) is 0 Å². The van der Waals surface area contributed by atoms with Crippen molar-refractivity contribution in [3.8, 4) is 11.8 Å². The molecule has 1 N–H and O–H groups in total. The third-order valence-electron chi connectivity index (χ3n) is 1.66. The molecule has 5 heteroatoms. The lowest BCUT2D eigenvalue weighted by Gasteiger charge is -2.04. The van der Waals surface area contributed by atoms with Crippen LogP contribution in [0.15, 0.2) is 12.1 Å². The molecule has 0 saturated carbocycles. The second kappa shape index (κ2) is 4.62. The molecule has 0 aliphatic carbocycles.